The first kappa shape index (κ1) is 7.70. The summed E-state index contributed by atoms with van der Waals surface area (Å²) in [5, 5.41) is 17.5. The molecule has 0 bridgehead atoms. The fourth-order valence-electron chi connectivity index (χ4n) is 0.719. The van der Waals surface area contributed by atoms with Crippen LogP contribution >= 0.6 is 0 Å². The summed E-state index contributed by atoms with van der Waals surface area (Å²) in [6, 6.07) is 5.18. The highest BCUT2D eigenvalue weighted by Gasteiger charge is 1.99. The van der Waals surface area contributed by atoms with Crippen molar-refractivity contribution in [3.05, 3.63) is 29.6 Å². The zero-order valence-corrected chi connectivity index (χ0v) is 6.15. The van der Waals surface area contributed by atoms with Crippen LogP contribution in [0.5, 0.6) is 0 Å². The number of nitrogens with zero attached hydrogens (tertiary/aromatic N) is 2. The van der Waals surface area contributed by atoms with Crippen molar-refractivity contribution >= 4 is 0 Å². The minimum atomic E-state index is -0.518. The topological polar surface area (TPSA) is 56.9 Å². The van der Waals surface area contributed by atoms with Crippen LogP contribution in [-0.2, 0) is 0 Å². The van der Waals surface area contributed by atoms with E-state index in [0.717, 1.165) is 5.56 Å². The second kappa shape index (κ2) is 3.13. The number of rotatable bonds is 1. The van der Waals surface area contributed by atoms with Gasteiger partial charge in [0.2, 0.25) is 0 Å². The van der Waals surface area contributed by atoms with Crippen LogP contribution in [0.1, 0.15) is 24.3 Å². The maximum absolute atomic E-state index is 9.06. The van der Waals surface area contributed by atoms with E-state index in [-0.39, 0.29) is 0 Å². The Balaban J connectivity index is 2.94. The van der Waals surface area contributed by atoms with Crippen molar-refractivity contribution in [2.24, 2.45) is 0 Å². The van der Waals surface area contributed by atoms with Crippen LogP contribution in [0.15, 0.2) is 18.3 Å². The number of aliphatic hydroxyl groups excluding tert-OH is 1. The predicted molar refractivity (Wildman–Crippen MR) is 39.6 cm³/mol. The van der Waals surface area contributed by atoms with Crippen LogP contribution in [0.25, 0.3) is 0 Å². The SMILES string of the molecule is CC(O)c1ccc(C#N)nc1. The second-order valence-electron chi connectivity index (χ2n) is 2.26. The molecule has 0 amide bonds. The number of aliphatic hydroxyl groups is 1. The molecule has 0 aliphatic rings. The van der Waals surface area contributed by atoms with Crippen LogP contribution in [0, 0.1) is 11.3 Å². The number of aromatic nitrogens is 1. The average Bonchev–Trinajstić information content (AvgIpc) is 2.05. The molecule has 0 aromatic carbocycles. The van der Waals surface area contributed by atoms with Crippen LogP contribution in [-0.4, -0.2) is 10.1 Å². The van der Waals surface area contributed by atoms with E-state index in [1.807, 2.05) is 6.07 Å². The molecule has 11 heavy (non-hydrogen) atoms. The lowest BCUT2D eigenvalue weighted by Gasteiger charge is -2.01. The molecule has 1 atom stereocenters. The summed E-state index contributed by atoms with van der Waals surface area (Å²) in [7, 11) is 0. The lowest BCUT2D eigenvalue weighted by atomic mass is 10.2. The zero-order valence-electron chi connectivity index (χ0n) is 6.15. The fraction of sp³-hybridized carbons (Fsp3) is 0.250. The number of hydrogen-bond acceptors (Lipinski definition) is 3. The van der Waals surface area contributed by atoms with Crippen LogP contribution < -0.4 is 0 Å². The van der Waals surface area contributed by atoms with Gasteiger partial charge in [-0.05, 0) is 18.6 Å². The molecule has 0 saturated heterocycles. The van der Waals surface area contributed by atoms with Crippen molar-refractivity contribution in [2.75, 3.05) is 0 Å². The van der Waals surface area contributed by atoms with E-state index in [0.29, 0.717) is 5.69 Å². The molecule has 0 radical (unpaired) electrons. The lowest BCUT2D eigenvalue weighted by molar-refractivity contribution is 0.199. The highest BCUT2D eigenvalue weighted by atomic mass is 16.3. The van der Waals surface area contributed by atoms with Crippen LogP contribution in [0.4, 0.5) is 0 Å². The smallest absolute Gasteiger partial charge is 0.140 e. The van der Waals surface area contributed by atoms with Gasteiger partial charge in [0.15, 0.2) is 0 Å². The molecule has 3 heteroatoms. The van der Waals surface area contributed by atoms with Crippen molar-refractivity contribution in [1.82, 2.24) is 4.98 Å². The van der Waals surface area contributed by atoms with Crippen molar-refractivity contribution < 1.29 is 5.11 Å². The quantitative estimate of drug-likeness (QED) is 0.646. The Morgan fingerprint density at radius 2 is 2.36 bits per heavy atom. The molecule has 0 spiro atoms. The normalized spacial score (nSPS) is 12.1. The second-order valence-corrected chi connectivity index (χ2v) is 2.26. The minimum Gasteiger partial charge on any atom is -0.389 e. The summed E-state index contributed by atoms with van der Waals surface area (Å²) in [6.45, 7) is 1.66. The van der Waals surface area contributed by atoms with E-state index in [9.17, 15) is 0 Å². The van der Waals surface area contributed by atoms with Gasteiger partial charge in [0.05, 0.1) is 6.10 Å². The first-order chi connectivity index (χ1) is 5.24. The molecule has 1 heterocycles. The van der Waals surface area contributed by atoms with Gasteiger partial charge in [0.1, 0.15) is 11.8 Å². The molecule has 1 rings (SSSR count). The Hall–Kier alpha value is -1.40. The van der Waals surface area contributed by atoms with E-state index in [1.165, 1.54) is 6.20 Å². The van der Waals surface area contributed by atoms with Gasteiger partial charge in [-0.25, -0.2) is 4.98 Å². The minimum absolute atomic E-state index is 0.370. The van der Waals surface area contributed by atoms with Crippen molar-refractivity contribution in [1.29, 1.82) is 5.26 Å². The first-order valence-corrected chi connectivity index (χ1v) is 3.28. The van der Waals surface area contributed by atoms with Gasteiger partial charge in [-0.1, -0.05) is 6.07 Å². The average molecular weight is 148 g/mol. The Labute approximate surface area is 64.9 Å². The molecular weight excluding hydrogens is 140 g/mol. The molecule has 1 aromatic heterocycles. The maximum atomic E-state index is 9.06. The Morgan fingerprint density at radius 3 is 2.73 bits per heavy atom. The molecule has 0 saturated carbocycles. The Morgan fingerprint density at radius 1 is 1.64 bits per heavy atom. The van der Waals surface area contributed by atoms with Gasteiger partial charge in [-0.3, -0.25) is 0 Å². The Bertz CT molecular complexity index is 271. The van der Waals surface area contributed by atoms with Crippen LogP contribution in [0.3, 0.4) is 0 Å². The Kier molecular flexibility index (Phi) is 2.19. The van der Waals surface area contributed by atoms with Crippen molar-refractivity contribution in [2.45, 2.75) is 13.0 Å². The molecular formula is C8H8N2O. The molecule has 0 fully saturated rings. The third-order valence-corrected chi connectivity index (χ3v) is 1.38. The summed E-state index contributed by atoms with van der Waals surface area (Å²) in [6.07, 6.45) is 0.985. The van der Waals surface area contributed by atoms with E-state index in [2.05, 4.69) is 4.98 Å². The third-order valence-electron chi connectivity index (χ3n) is 1.38. The molecule has 1 aromatic rings. The molecule has 0 aliphatic carbocycles. The highest BCUT2D eigenvalue weighted by Crippen LogP contribution is 2.09. The maximum Gasteiger partial charge on any atom is 0.140 e. The van der Waals surface area contributed by atoms with Gasteiger partial charge in [0.25, 0.3) is 0 Å². The van der Waals surface area contributed by atoms with Crippen molar-refractivity contribution in [3.63, 3.8) is 0 Å². The molecule has 1 N–H and O–H groups in total. The van der Waals surface area contributed by atoms with Crippen molar-refractivity contribution in [3.8, 4) is 6.07 Å². The standard InChI is InChI=1S/C8H8N2O/c1-6(11)7-2-3-8(4-9)10-5-7/h2-3,5-6,11H,1H3. The first-order valence-electron chi connectivity index (χ1n) is 3.28. The summed E-state index contributed by atoms with van der Waals surface area (Å²) in [4.78, 5) is 3.80. The van der Waals surface area contributed by atoms with Gasteiger partial charge >= 0.3 is 0 Å². The number of hydrogen-bond donors (Lipinski definition) is 1. The van der Waals surface area contributed by atoms with Gasteiger partial charge in [0, 0.05) is 6.20 Å². The largest absolute Gasteiger partial charge is 0.389 e. The summed E-state index contributed by atoms with van der Waals surface area (Å²) >= 11 is 0. The highest BCUT2D eigenvalue weighted by molar-refractivity contribution is 5.23. The third kappa shape index (κ3) is 1.76. The fourth-order valence-corrected chi connectivity index (χ4v) is 0.719. The van der Waals surface area contributed by atoms with E-state index >= 15 is 0 Å². The van der Waals surface area contributed by atoms with Gasteiger partial charge in [-0.15, -0.1) is 0 Å². The zero-order chi connectivity index (χ0) is 8.27. The van der Waals surface area contributed by atoms with Crippen LogP contribution in [0.2, 0.25) is 0 Å². The predicted octanol–water partition coefficient (Wildman–Crippen LogP) is 1.01. The van der Waals surface area contributed by atoms with Gasteiger partial charge in [-0.2, -0.15) is 5.26 Å². The molecule has 3 nitrogen and oxygen atoms in total. The number of pyridine rings is 1. The van der Waals surface area contributed by atoms with Gasteiger partial charge < -0.3 is 5.11 Å². The molecule has 1 unspecified atom stereocenters. The molecule has 56 valence electrons. The summed E-state index contributed by atoms with van der Waals surface area (Å²) < 4.78 is 0. The lowest BCUT2D eigenvalue weighted by Crippen LogP contribution is -1.92. The summed E-state index contributed by atoms with van der Waals surface area (Å²) in [5.41, 5.74) is 1.10. The monoisotopic (exact) mass is 148 g/mol. The molecule has 0 aliphatic heterocycles. The van der Waals surface area contributed by atoms with E-state index in [1.54, 1.807) is 19.1 Å². The summed E-state index contributed by atoms with van der Waals surface area (Å²) in [5.74, 6) is 0. The van der Waals surface area contributed by atoms with E-state index < -0.39 is 6.10 Å². The number of nitriles is 1. The van der Waals surface area contributed by atoms with E-state index in [4.69, 9.17) is 10.4 Å².